The zero-order valence-corrected chi connectivity index (χ0v) is 7.54. The Morgan fingerprint density at radius 1 is 1.67 bits per heavy atom. The zero-order chi connectivity index (χ0) is 9.61. The second-order valence-corrected chi connectivity index (χ2v) is 3.36. The molecule has 72 valence electrons. The molecule has 5 N–H and O–H groups in total. The van der Waals surface area contributed by atoms with Crippen LogP contribution in [0, 0.1) is 0 Å². The van der Waals surface area contributed by atoms with Crippen LogP contribution in [0.2, 0.25) is 0 Å². The van der Waals surface area contributed by atoms with E-state index in [9.17, 15) is 9.46 Å². The first-order chi connectivity index (χ1) is 5.48. The highest BCUT2D eigenvalue weighted by atomic mass is 31.2. The topological polar surface area (TPSA) is 125 Å². The fraction of sp³-hybridized carbons (Fsp3) is 0.750. The Labute approximate surface area is 70.0 Å². The lowest BCUT2D eigenvalue weighted by atomic mass is 10.7. The summed E-state index contributed by atoms with van der Waals surface area (Å²) in [4.78, 5) is 13.0. The number of hydrogen-bond donors (Lipinski definition) is 3. The summed E-state index contributed by atoms with van der Waals surface area (Å²) in [5.74, 6) is 0.0109. The van der Waals surface area contributed by atoms with Gasteiger partial charge in [0.25, 0.3) is 7.82 Å². The van der Waals surface area contributed by atoms with Crippen LogP contribution >= 0.6 is 7.82 Å². The van der Waals surface area contributed by atoms with E-state index in [0.717, 1.165) is 7.11 Å². The third-order valence-corrected chi connectivity index (χ3v) is 1.85. The van der Waals surface area contributed by atoms with Gasteiger partial charge in [0, 0.05) is 7.11 Å². The molecule has 0 bridgehead atoms. The maximum absolute atomic E-state index is 10.5. The first-order valence-corrected chi connectivity index (χ1v) is 4.57. The lowest BCUT2D eigenvalue weighted by Gasteiger charge is -2.19. The van der Waals surface area contributed by atoms with Crippen molar-refractivity contribution in [3.05, 3.63) is 0 Å². The number of phosphoric acid groups is 1. The van der Waals surface area contributed by atoms with Gasteiger partial charge in [0.05, 0.1) is 13.2 Å². The van der Waals surface area contributed by atoms with Gasteiger partial charge in [-0.25, -0.2) is 0 Å². The number of nitrogens with two attached hydrogens (primary N) is 2. The molecule has 1 atom stereocenters. The Morgan fingerprint density at radius 2 is 2.25 bits per heavy atom. The predicted octanol–water partition coefficient (Wildman–Crippen LogP) is -3.53. The van der Waals surface area contributed by atoms with Crippen LogP contribution in [0.4, 0.5) is 0 Å². The van der Waals surface area contributed by atoms with Crippen molar-refractivity contribution < 1.29 is 23.5 Å². The molecule has 1 unspecified atom stereocenters. The summed E-state index contributed by atoms with van der Waals surface area (Å²) in [7, 11) is -3.10. The van der Waals surface area contributed by atoms with E-state index >= 15 is 0 Å². The standard InChI is InChI=1S/C4H12N3O4P/c1-10-12(8,9)11-3-2-7-4(5)6/h2-3H2,1H3,(H,8,9)(H4,5,6,7). The molecule has 0 heterocycles. The van der Waals surface area contributed by atoms with E-state index in [1.807, 2.05) is 0 Å². The molecular formula is C4H12N3O4P. The van der Waals surface area contributed by atoms with Gasteiger partial charge in [0.2, 0.25) is 0 Å². The van der Waals surface area contributed by atoms with Crippen LogP contribution in [0.3, 0.4) is 0 Å². The summed E-state index contributed by atoms with van der Waals surface area (Å²) in [6, 6.07) is 0. The molecule has 0 aromatic carbocycles. The second kappa shape index (κ2) is 5.10. The lowest BCUT2D eigenvalue weighted by molar-refractivity contribution is -0.462. The molecule has 0 aliphatic rings. The molecule has 0 amide bonds. The SMILES string of the molecule is COP(=O)([O-])OCC[NH+]=C(N)N. The van der Waals surface area contributed by atoms with Gasteiger partial charge >= 0.3 is 5.96 Å². The summed E-state index contributed by atoms with van der Waals surface area (Å²) >= 11 is 0. The van der Waals surface area contributed by atoms with Crippen LogP contribution in [-0.2, 0) is 13.6 Å². The van der Waals surface area contributed by atoms with E-state index in [0.29, 0.717) is 0 Å². The average Bonchev–Trinajstić information content (AvgIpc) is 1.98. The fourth-order valence-electron chi connectivity index (χ4n) is 0.406. The highest BCUT2D eigenvalue weighted by molar-refractivity contribution is 7.45. The maximum atomic E-state index is 10.5. The Hall–Kier alpha value is -0.620. The molecule has 0 aliphatic carbocycles. The van der Waals surface area contributed by atoms with Gasteiger partial charge in [-0.3, -0.25) is 21.0 Å². The van der Waals surface area contributed by atoms with E-state index in [-0.39, 0.29) is 19.1 Å². The van der Waals surface area contributed by atoms with Crippen molar-refractivity contribution in [2.75, 3.05) is 20.3 Å². The fourth-order valence-corrected chi connectivity index (χ4v) is 0.826. The van der Waals surface area contributed by atoms with Crippen LogP contribution in [0.1, 0.15) is 0 Å². The normalized spacial score (nSPS) is 15.2. The first kappa shape index (κ1) is 11.4. The minimum atomic E-state index is -4.11. The summed E-state index contributed by atoms with van der Waals surface area (Å²) in [5.41, 5.74) is 10.0. The van der Waals surface area contributed by atoms with Crippen molar-refractivity contribution in [2.24, 2.45) is 11.5 Å². The van der Waals surface area contributed by atoms with E-state index in [1.54, 1.807) is 0 Å². The van der Waals surface area contributed by atoms with E-state index in [1.165, 1.54) is 0 Å². The van der Waals surface area contributed by atoms with Crippen molar-refractivity contribution in [3.63, 3.8) is 0 Å². The summed E-state index contributed by atoms with van der Waals surface area (Å²) in [5, 5.41) is 0. The monoisotopic (exact) mass is 197 g/mol. The van der Waals surface area contributed by atoms with Gasteiger partial charge in [-0.05, 0) is 0 Å². The van der Waals surface area contributed by atoms with Crippen LogP contribution in [-0.4, -0.2) is 26.2 Å². The molecule has 0 spiro atoms. The lowest BCUT2D eigenvalue weighted by Crippen LogP contribution is -2.78. The highest BCUT2D eigenvalue weighted by Gasteiger charge is 2.04. The van der Waals surface area contributed by atoms with E-state index in [2.05, 4.69) is 14.0 Å². The molecule has 7 nitrogen and oxygen atoms in total. The first-order valence-electron chi connectivity index (χ1n) is 3.11. The molecule has 0 aromatic rings. The van der Waals surface area contributed by atoms with Crippen LogP contribution in [0.25, 0.3) is 0 Å². The summed E-state index contributed by atoms with van der Waals surface area (Å²) in [6.45, 7) is 0.129. The van der Waals surface area contributed by atoms with Crippen molar-refractivity contribution >= 4 is 13.8 Å². The minimum Gasteiger partial charge on any atom is -0.756 e. The number of hydrogen-bond acceptors (Lipinski definition) is 4. The third-order valence-electron chi connectivity index (χ3n) is 0.904. The average molecular weight is 197 g/mol. The second-order valence-electron chi connectivity index (χ2n) is 1.85. The number of nitrogens with one attached hydrogen (secondary N) is 1. The Kier molecular flexibility index (Phi) is 4.84. The molecule has 0 aromatic heterocycles. The highest BCUT2D eigenvalue weighted by Crippen LogP contribution is 2.35. The van der Waals surface area contributed by atoms with E-state index in [4.69, 9.17) is 11.5 Å². The molecule has 0 radical (unpaired) electrons. The van der Waals surface area contributed by atoms with Crippen LogP contribution in [0.15, 0.2) is 0 Å². The van der Waals surface area contributed by atoms with Gasteiger partial charge in [-0.2, -0.15) is 0 Å². The van der Waals surface area contributed by atoms with Crippen LogP contribution < -0.4 is 21.4 Å². The van der Waals surface area contributed by atoms with Crippen molar-refractivity contribution in [1.29, 1.82) is 0 Å². The maximum Gasteiger partial charge on any atom is 0.338 e. The Bertz CT molecular complexity index is 202. The van der Waals surface area contributed by atoms with Crippen molar-refractivity contribution in [1.82, 2.24) is 0 Å². The molecule has 8 heteroatoms. The quantitative estimate of drug-likeness (QED) is 0.181. The van der Waals surface area contributed by atoms with Gasteiger partial charge in [-0.15, -0.1) is 0 Å². The number of rotatable bonds is 5. The number of guanidine groups is 1. The molecule has 0 saturated heterocycles. The minimum absolute atomic E-state index is 0.0109. The summed E-state index contributed by atoms with van der Waals surface area (Å²) < 4.78 is 18.9. The van der Waals surface area contributed by atoms with Crippen molar-refractivity contribution in [2.45, 2.75) is 0 Å². The molecular weight excluding hydrogens is 185 g/mol. The van der Waals surface area contributed by atoms with Crippen LogP contribution in [0.5, 0.6) is 0 Å². The van der Waals surface area contributed by atoms with Gasteiger partial charge in [0.15, 0.2) is 0 Å². The third kappa shape index (κ3) is 6.11. The molecule has 0 fully saturated rings. The molecule has 0 aliphatic heterocycles. The van der Waals surface area contributed by atoms with E-state index < -0.39 is 7.82 Å². The smallest absolute Gasteiger partial charge is 0.338 e. The predicted molar refractivity (Wildman–Crippen MR) is 39.8 cm³/mol. The van der Waals surface area contributed by atoms with Crippen molar-refractivity contribution in [3.8, 4) is 0 Å². The zero-order valence-electron chi connectivity index (χ0n) is 6.65. The summed E-state index contributed by atoms with van der Waals surface area (Å²) in [6.07, 6.45) is 0. The molecule has 0 rings (SSSR count). The van der Waals surface area contributed by atoms with Gasteiger partial charge in [0.1, 0.15) is 0 Å². The molecule has 12 heavy (non-hydrogen) atoms. The largest absolute Gasteiger partial charge is 0.756 e. The number of phosphoric ester groups is 1. The Morgan fingerprint density at radius 3 is 2.67 bits per heavy atom. The van der Waals surface area contributed by atoms with Gasteiger partial charge < -0.3 is 13.9 Å². The Balaban J connectivity index is 3.57. The van der Waals surface area contributed by atoms with Gasteiger partial charge in [-0.1, -0.05) is 0 Å². The molecule has 0 saturated carbocycles.